The van der Waals surface area contributed by atoms with Crippen LogP contribution in [0.1, 0.15) is 15.9 Å². The second-order valence-corrected chi connectivity index (χ2v) is 4.66. The summed E-state index contributed by atoms with van der Waals surface area (Å²) in [5.74, 6) is -0.906. The minimum atomic E-state index is -0.906. The molecule has 0 spiro atoms. The smallest absolute Gasteiger partial charge is 0.335 e. The summed E-state index contributed by atoms with van der Waals surface area (Å²) in [6.45, 7) is 5.64. The second-order valence-electron chi connectivity index (χ2n) is 4.18. The molecule has 2 rings (SSSR count). The van der Waals surface area contributed by atoms with Crippen LogP contribution >= 0.6 is 12.6 Å². The summed E-state index contributed by atoms with van der Waals surface area (Å²) < 4.78 is 0. The largest absolute Gasteiger partial charge is 0.478 e. The van der Waals surface area contributed by atoms with Crippen molar-refractivity contribution in [2.75, 3.05) is 31.1 Å². The molecule has 0 aliphatic carbocycles. The van der Waals surface area contributed by atoms with Crippen molar-refractivity contribution in [3.8, 4) is 0 Å². The molecule has 0 amide bonds. The molecule has 1 aliphatic heterocycles. The molecule has 0 aromatic heterocycles. The molecular weight excluding hydrogens is 236 g/mol. The summed E-state index contributed by atoms with van der Waals surface area (Å²) in [6, 6.07) is 3.34. The maximum Gasteiger partial charge on any atom is 0.335 e. The Balaban J connectivity index is 2.40. The van der Waals surface area contributed by atoms with Gasteiger partial charge in [0.1, 0.15) is 0 Å². The number of piperazine rings is 1. The Morgan fingerprint density at radius 1 is 1.41 bits per heavy atom. The van der Waals surface area contributed by atoms with Gasteiger partial charge in [0.25, 0.3) is 0 Å². The van der Waals surface area contributed by atoms with Crippen molar-refractivity contribution >= 4 is 24.3 Å². The van der Waals surface area contributed by atoms with Crippen molar-refractivity contribution in [3.63, 3.8) is 0 Å². The lowest BCUT2D eigenvalue weighted by Gasteiger charge is -2.31. The maximum absolute atomic E-state index is 11.0. The van der Waals surface area contributed by atoms with Crippen LogP contribution in [-0.2, 0) is 0 Å². The standard InChI is InChI=1S/C12H16N2O2S/c1-8-10(14-4-2-13-3-5-14)6-9(12(15)16)7-11(8)17/h6-7,13,17H,2-5H2,1H3,(H,15,16). The highest BCUT2D eigenvalue weighted by Gasteiger charge is 2.16. The molecule has 1 heterocycles. The quantitative estimate of drug-likeness (QED) is 0.696. The molecule has 4 nitrogen and oxygen atoms in total. The van der Waals surface area contributed by atoms with E-state index in [1.807, 2.05) is 6.92 Å². The molecule has 0 unspecified atom stereocenters. The first kappa shape index (κ1) is 12.3. The van der Waals surface area contributed by atoms with Crippen LogP contribution in [0.2, 0.25) is 0 Å². The zero-order valence-electron chi connectivity index (χ0n) is 9.73. The number of benzene rings is 1. The summed E-state index contributed by atoms with van der Waals surface area (Å²) in [6.07, 6.45) is 0. The second kappa shape index (κ2) is 4.98. The first-order chi connectivity index (χ1) is 8.09. The zero-order chi connectivity index (χ0) is 12.4. The Hall–Kier alpha value is -1.20. The zero-order valence-corrected chi connectivity index (χ0v) is 10.6. The van der Waals surface area contributed by atoms with Gasteiger partial charge in [-0.25, -0.2) is 4.79 Å². The molecule has 1 aliphatic rings. The first-order valence-corrected chi connectivity index (χ1v) is 6.07. The van der Waals surface area contributed by atoms with Crippen molar-refractivity contribution in [1.29, 1.82) is 0 Å². The van der Waals surface area contributed by atoms with Gasteiger partial charge >= 0.3 is 5.97 Å². The molecule has 0 radical (unpaired) electrons. The number of hydrogen-bond acceptors (Lipinski definition) is 4. The average Bonchev–Trinajstić information content (AvgIpc) is 2.33. The lowest BCUT2D eigenvalue weighted by Crippen LogP contribution is -2.43. The van der Waals surface area contributed by atoms with E-state index in [4.69, 9.17) is 5.11 Å². The van der Waals surface area contributed by atoms with Gasteiger partial charge < -0.3 is 15.3 Å². The topological polar surface area (TPSA) is 52.6 Å². The van der Waals surface area contributed by atoms with E-state index in [-0.39, 0.29) is 0 Å². The normalized spacial score (nSPS) is 16.0. The van der Waals surface area contributed by atoms with Gasteiger partial charge in [-0.2, -0.15) is 0 Å². The van der Waals surface area contributed by atoms with E-state index in [1.54, 1.807) is 12.1 Å². The third-order valence-electron chi connectivity index (χ3n) is 3.06. The summed E-state index contributed by atoms with van der Waals surface area (Å²) in [7, 11) is 0. The molecule has 0 atom stereocenters. The molecule has 5 heteroatoms. The van der Waals surface area contributed by atoms with Crippen molar-refractivity contribution < 1.29 is 9.90 Å². The molecule has 0 saturated carbocycles. The fourth-order valence-corrected chi connectivity index (χ4v) is 2.30. The highest BCUT2D eigenvalue weighted by Crippen LogP contribution is 2.28. The Bertz CT molecular complexity index is 442. The number of nitrogens with one attached hydrogen (secondary N) is 1. The van der Waals surface area contributed by atoms with Gasteiger partial charge in [0.2, 0.25) is 0 Å². The lowest BCUT2D eigenvalue weighted by atomic mass is 10.1. The predicted molar refractivity (Wildman–Crippen MR) is 70.5 cm³/mol. The number of aromatic carboxylic acids is 1. The van der Waals surface area contributed by atoms with Crippen LogP contribution in [0.15, 0.2) is 17.0 Å². The van der Waals surface area contributed by atoms with Gasteiger partial charge in [-0.3, -0.25) is 0 Å². The number of nitrogens with zero attached hydrogens (tertiary/aromatic N) is 1. The number of carboxylic acid groups (broad SMARTS) is 1. The van der Waals surface area contributed by atoms with Gasteiger partial charge in [-0.05, 0) is 24.6 Å². The number of thiol groups is 1. The van der Waals surface area contributed by atoms with Crippen molar-refractivity contribution in [1.82, 2.24) is 5.32 Å². The number of hydrogen-bond donors (Lipinski definition) is 3. The van der Waals surface area contributed by atoms with Gasteiger partial charge in [-0.15, -0.1) is 12.6 Å². The summed E-state index contributed by atoms with van der Waals surface area (Å²) in [4.78, 5) is 14.0. The van der Waals surface area contributed by atoms with Crippen LogP contribution in [0.5, 0.6) is 0 Å². The molecular formula is C12H16N2O2S. The van der Waals surface area contributed by atoms with Gasteiger partial charge in [0, 0.05) is 36.8 Å². The maximum atomic E-state index is 11.0. The lowest BCUT2D eigenvalue weighted by molar-refractivity contribution is 0.0696. The Morgan fingerprint density at radius 3 is 2.65 bits per heavy atom. The molecule has 1 aromatic rings. The molecule has 2 N–H and O–H groups in total. The minimum absolute atomic E-state index is 0.300. The van der Waals surface area contributed by atoms with Crippen molar-refractivity contribution in [2.45, 2.75) is 11.8 Å². The van der Waals surface area contributed by atoms with Crippen LogP contribution < -0.4 is 10.2 Å². The molecule has 92 valence electrons. The first-order valence-electron chi connectivity index (χ1n) is 5.62. The van der Waals surface area contributed by atoms with Crippen LogP contribution in [0, 0.1) is 6.92 Å². The average molecular weight is 252 g/mol. The molecule has 1 fully saturated rings. The van der Waals surface area contributed by atoms with E-state index in [0.29, 0.717) is 5.56 Å². The third kappa shape index (κ3) is 2.56. The van der Waals surface area contributed by atoms with E-state index in [1.165, 1.54) is 0 Å². The fourth-order valence-electron chi connectivity index (χ4n) is 2.04. The number of carbonyl (C=O) groups is 1. The van der Waals surface area contributed by atoms with Crippen LogP contribution in [0.3, 0.4) is 0 Å². The SMILES string of the molecule is Cc1c(S)cc(C(=O)O)cc1N1CCNCC1. The van der Waals surface area contributed by atoms with Crippen molar-refractivity contribution in [2.24, 2.45) is 0 Å². The van der Waals surface area contributed by atoms with E-state index in [0.717, 1.165) is 42.3 Å². The summed E-state index contributed by atoms with van der Waals surface area (Å²) in [5.41, 5.74) is 2.32. The molecule has 17 heavy (non-hydrogen) atoms. The van der Waals surface area contributed by atoms with Gasteiger partial charge in [0.15, 0.2) is 0 Å². The van der Waals surface area contributed by atoms with Gasteiger partial charge in [0.05, 0.1) is 5.56 Å². The van der Waals surface area contributed by atoms with Crippen LogP contribution in [0.4, 0.5) is 5.69 Å². The van der Waals surface area contributed by atoms with Gasteiger partial charge in [-0.1, -0.05) is 0 Å². The predicted octanol–water partition coefficient (Wildman–Crippen LogP) is 1.39. The highest BCUT2D eigenvalue weighted by atomic mass is 32.1. The van der Waals surface area contributed by atoms with E-state index in [2.05, 4.69) is 22.8 Å². The molecule has 0 bridgehead atoms. The Kier molecular flexibility index (Phi) is 3.59. The summed E-state index contributed by atoms with van der Waals surface area (Å²) >= 11 is 4.35. The highest BCUT2D eigenvalue weighted by molar-refractivity contribution is 7.80. The van der Waals surface area contributed by atoms with E-state index < -0.39 is 5.97 Å². The monoisotopic (exact) mass is 252 g/mol. The number of anilines is 1. The Morgan fingerprint density at radius 2 is 2.06 bits per heavy atom. The van der Waals surface area contributed by atoms with Crippen LogP contribution in [-0.4, -0.2) is 37.3 Å². The molecule has 1 saturated heterocycles. The Labute approximate surface area is 106 Å². The van der Waals surface area contributed by atoms with E-state index >= 15 is 0 Å². The number of rotatable bonds is 2. The summed E-state index contributed by atoms with van der Waals surface area (Å²) in [5, 5.41) is 12.3. The minimum Gasteiger partial charge on any atom is -0.478 e. The number of carboxylic acids is 1. The van der Waals surface area contributed by atoms with E-state index in [9.17, 15) is 4.79 Å². The molecule has 1 aromatic carbocycles. The van der Waals surface area contributed by atoms with Crippen molar-refractivity contribution in [3.05, 3.63) is 23.3 Å². The third-order valence-corrected chi connectivity index (χ3v) is 3.52. The van der Waals surface area contributed by atoms with Crippen LogP contribution in [0.25, 0.3) is 0 Å². The fraction of sp³-hybridized carbons (Fsp3) is 0.417.